The molecule has 5 nitrogen and oxygen atoms in total. The van der Waals surface area contributed by atoms with Crippen LogP contribution in [0.15, 0.2) is 0 Å². The fourth-order valence-corrected chi connectivity index (χ4v) is 2.18. The van der Waals surface area contributed by atoms with Crippen LogP contribution in [0.25, 0.3) is 0 Å². The van der Waals surface area contributed by atoms with Crippen molar-refractivity contribution < 1.29 is 19.7 Å². The number of aliphatic hydroxyl groups is 2. The number of hydrogen-bond donors (Lipinski definition) is 3. The summed E-state index contributed by atoms with van der Waals surface area (Å²) in [6.45, 7) is 5.66. The lowest BCUT2D eigenvalue weighted by Crippen LogP contribution is -2.55. The number of nitrogens with one attached hydrogen (secondary N) is 1. The van der Waals surface area contributed by atoms with Crippen LogP contribution < -0.4 is 5.32 Å². The fourth-order valence-electron chi connectivity index (χ4n) is 2.18. The van der Waals surface area contributed by atoms with E-state index in [1.165, 1.54) is 0 Å². The highest BCUT2D eigenvalue weighted by Crippen LogP contribution is 2.19. The summed E-state index contributed by atoms with van der Waals surface area (Å²) in [5, 5.41) is 22.2. The molecule has 1 aliphatic heterocycles. The zero-order valence-corrected chi connectivity index (χ0v) is 11.4. The predicted octanol–water partition coefficient (Wildman–Crippen LogP) is 0.786. The minimum Gasteiger partial charge on any atom is -0.388 e. The smallest absolute Gasteiger partial charge is 0.223 e. The van der Waals surface area contributed by atoms with Gasteiger partial charge in [0.1, 0.15) is 6.10 Å². The number of unbranched alkanes of at least 4 members (excludes halogenated alkanes) is 1. The van der Waals surface area contributed by atoms with Crippen molar-refractivity contribution in [3.8, 4) is 0 Å². The van der Waals surface area contributed by atoms with Gasteiger partial charge in [-0.25, -0.2) is 0 Å². The second-order valence-electron chi connectivity index (χ2n) is 5.18. The van der Waals surface area contributed by atoms with Gasteiger partial charge in [-0.2, -0.15) is 0 Å². The topological polar surface area (TPSA) is 78.8 Å². The van der Waals surface area contributed by atoms with E-state index in [1.54, 1.807) is 6.92 Å². The van der Waals surface area contributed by atoms with Crippen molar-refractivity contribution in [2.24, 2.45) is 5.92 Å². The van der Waals surface area contributed by atoms with Crippen molar-refractivity contribution in [1.29, 1.82) is 0 Å². The molecule has 0 radical (unpaired) electrons. The van der Waals surface area contributed by atoms with Gasteiger partial charge in [-0.15, -0.1) is 0 Å². The van der Waals surface area contributed by atoms with E-state index in [4.69, 9.17) is 4.74 Å². The van der Waals surface area contributed by atoms with E-state index in [0.29, 0.717) is 0 Å². The Bertz CT molecular complexity index is 272. The molecule has 0 bridgehead atoms. The molecule has 3 N–H and O–H groups in total. The first-order valence-corrected chi connectivity index (χ1v) is 6.77. The highest BCUT2D eigenvalue weighted by atomic mass is 16.6. The molecule has 106 valence electrons. The third-order valence-electron chi connectivity index (χ3n) is 3.49. The summed E-state index contributed by atoms with van der Waals surface area (Å²) in [6.07, 6.45) is 1.01. The predicted molar refractivity (Wildman–Crippen MR) is 67.8 cm³/mol. The Morgan fingerprint density at radius 2 is 2.17 bits per heavy atom. The molecule has 0 aromatic heterocycles. The van der Waals surface area contributed by atoms with Gasteiger partial charge in [0.2, 0.25) is 5.91 Å². The molecule has 1 fully saturated rings. The van der Waals surface area contributed by atoms with Crippen molar-refractivity contribution >= 4 is 5.91 Å². The molecule has 0 aromatic rings. The number of hydrogen-bond acceptors (Lipinski definition) is 4. The molecule has 1 saturated heterocycles. The summed E-state index contributed by atoms with van der Waals surface area (Å²) in [7, 11) is 0. The van der Waals surface area contributed by atoms with Crippen LogP contribution in [-0.2, 0) is 9.53 Å². The minimum atomic E-state index is -0.917. The van der Waals surface area contributed by atoms with Gasteiger partial charge >= 0.3 is 0 Å². The summed E-state index contributed by atoms with van der Waals surface area (Å²) >= 11 is 0. The van der Waals surface area contributed by atoms with Gasteiger partial charge in [-0.3, -0.25) is 4.79 Å². The Kier molecular flexibility index (Phi) is 6.05. The molecule has 1 amide bonds. The zero-order chi connectivity index (χ0) is 13.7. The van der Waals surface area contributed by atoms with E-state index in [2.05, 4.69) is 12.2 Å². The quantitative estimate of drug-likeness (QED) is 0.682. The minimum absolute atomic E-state index is 0.0613. The van der Waals surface area contributed by atoms with E-state index < -0.39 is 24.5 Å². The lowest BCUT2D eigenvalue weighted by Gasteiger charge is -2.36. The monoisotopic (exact) mass is 259 g/mol. The van der Waals surface area contributed by atoms with E-state index in [-0.39, 0.29) is 18.2 Å². The molecule has 0 aromatic carbocycles. The molecule has 5 heteroatoms. The van der Waals surface area contributed by atoms with Crippen molar-refractivity contribution in [3.05, 3.63) is 0 Å². The molecule has 0 saturated carbocycles. The zero-order valence-electron chi connectivity index (χ0n) is 11.4. The van der Waals surface area contributed by atoms with Gasteiger partial charge in [0.15, 0.2) is 6.29 Å². The Hall–Kier alpha value is -0.650. The van der Waals surface area contributed by atoms with Gasteiger partial charge in [0.05, 0.1) is 12.1 Å². The first-order valence-electron chi connectivity index (χ1n) is 6.77. The van der Waals surface area contributed by atoms with Gasteiger partial charge in [-0.05, 0) is 13.3 Å². The molecular formula is C13H25NO4. The van der Waals surface area contributed by atoms with Gasteiger partial charge in [0, 0.05) is 12.3 Å². The van der Waals surface area contributed by atoms with Gasteiger partial charge in [-0.1, -0.05) is 26.7 Å². The van der Waals surface area contributed by atoms with Crippen LogP contribution in [0.2, 0.25) is 0 Å². The number of amides is 1. The summed E-state index contributed by atoms with van der Waals surface area (Å²) in [5.74, 6) is -0.124. The number of rotatable bonds is 5. The van der Waals surface area contributed by atoms with Crippen molar-refractivity contribution in [2.45, 2.75) is 71.0 Å². The molecule has 1 heterocycles. The number of carbonyl (C=O) groups excluding carboxylic acids is 1. The Balaban J connectivity index is 2.47. The fraction of sp³-hybridized carbons (Fsp3) is 0.923. The first kappa shape index (κ1) is 15.4. The van der Waals surface area contributed by atoms with E-state index in [1.807, 2.05) is 6.92 Å². The lowest BCUT2D eigenvalue weighted by atomic mass is 9.97. The van der Waals surface area contributed by atoms with Crippen LogP contribution in [0.3, 0.4) is 0 Å². The first-order chi connectivity index (χ1) is 8.45. The largest absolute Gasteiger partial charge is 0.388 e. The SMILES string of the molecule is CCCCC(C)C(=O)NC1CC(O)OC(C)C1O. The van der Waals surface area contributed by atoms with Crippen LogP contribution in [0.1, 0.15) is 46.5 Å². The van der Waals surface area contributed by atoms with Gasteiger partial charge < -0.3 is 20.3 Å². The average molecular weight is 259 g/mol. The molecule has 1 aliphatic rings. The standard InChI is InChI=1S/C13H25NO4/c1-4-5-6-8(2)13(17)14-10-7-11(15)18-9(3)12(10)16/h8-12,15-16H,4-7H2,1-3H3,(H,14,17). The molecule has 18 heavy (non-hydrogen) atoms. The molecule has 1 rings (SSSR count). The lowest BCUT2D eigenvalue weighted by molar-refractivity contribution is -0.202. The summed E-state index contributed by atoms with van der Waals surface area (Å²) in [5.41, 5.74) is 0. The van der Waals surface area contributed by atoms with Crippen molar-refractivity contribution in [3.63, 3.8) is 0 Å². The third-order valence-corrected chi connectivity index (χ3v) is 3.49. The Morgan fingerprint density at radius 1 is 1.50 bits per heavy atom. The van der Waals surface area contributed by atoms with Crippen LogP contribution >= 0.6 is 0 Å². The summed E-state index contributed by atoms with van der Waals surface area (Å²) < 4.78 is 5.09. The van der Waals surface area contributed by atoms with Crippen LogP contribution in [0, 0.1) is 5.92 Å². The highest BCUT2D eigenvalue weighted by molar-refractivity contribution is 5.78. The van der Waals surface area contributed by atoms with Gasteiger partial charge in [0.25, 0.3) is 0 Å². The van der Waals surface area contributed by atoms with E-state index >= 15 is 0 Å². The number of carbonyl (C=O) groups is 1. The average Bonchev–Trinajstić information content (AvgIpc) is 2.32. The molecular weight excluding hydrogens is 234 g/mol. The maximum absolute atomic E-state index is 11.9. The molecule has 0 aliphatic carbocycles. The molecule has 0 spiro atoms. The van der Waals surface area contributed by atoms with E-state index in [9.17, 15) is 15.0 Å². The second kappa shape index (κ2) is 7.07. The van der Waals surface area contributed by atoms with Crippen LogP contribution in [-0.4, -0.2) is 40.7 Å². The maximum atomic E-state index is 11.9. The van der Waals surface area contributed by atoms with Crippen LogP contribution in [0.4, 0.5) is 0 Å². The van der Waals surface area contributed by atoms with Crippen LogP contribution in [0.5, 0.6) is 0 Å². The second-order valence-corrected chi connectivity index (χ2v) is 5.18. The highest BCUT2D eigenvalue weighted by Gasteiger charge is 2.35. The maximum Gasteiger partial charge on any atom is 0.223 e. The Labute approximate surface area is 109 Å². The summed E-state index contributed by atoms with van der Waals surface area (Å²) in [6, 6.07) is -0.430. The molecule has 5 atom stereocenters. The molecule has 5 unspecified atom stereocenters. The van der Waals surface area contributed by atoms with Crippen molar-refractivity contribution in [2.75, 3.05) is 0 Å². The third kappa shape index (κ3) is 4.23. The van der Waals surface area contributed by atoms with E-state index in [0.717, 1.165) is 19.3 Å². The number of aliphatic hydroxyl groups excluding tert-OH is 2. The Morgan fingerprint density at radius 3 is 2.78 bits per heavy atom. The normalized spacial score (nSPS) is 34.1. The summed E-state index contributed by atoms with van der Waals surface area (Å²) in [4.78, 5) is 11.9. The van der Waals surface area contributed by atoms with Crippen molar-refractivity contribution in [1.82, 2.24) is 5.32 Å². The number of ether oxygens (including phenoxy) is 1.